The third-order valence-corrected chi connectivity index (χ3v) is 3.04. The van der Waals surface area contributed by atoms with Crippen molar-refractivity contribution in [2.75, 3.05) is 12.4 Å². The molecule has 1 N–H and O–H groups in total. The Morgan fingerprint density at radius 2 is 2.00 bits per heavy atom. The summed E-state index contributed by atoms with van der Waals surface area (Å²) in [7, 11) is 1.63. The number of anilines is 2. The third-order valence-electron chi connectivity index (χ3n) is 2.07. The average Bonchev–Trinajstić information content (AvgIpc) is 2.35. The van der Waals surface area contributed by atoms with Crippen LogP contribution in [0.3, 0.4) is 0 Å². The van der Waals surface area contributed by atoms with Gasteiger partial charge in [-0.1, -0.05) is 0 Å². The summed E-state index contributed by atoms with van der Waals surface area (Å²) in [6, 6.07) is 7.56. The van der Waals surface area contributed by atoms with Gasteiger partial charge < -0.3 is 10.1 Å². The molecule has 0 saturated carbocycles. The molecule has 0 unspecified atom stereocenters. The van der Waals surface area contributed by atoms with Crippen LogP contribution in [0.2, 0.25) is 5.28 Å². The summed E-state index contributed by atoms with van der Waals surface area (Å²) in [5, 5.41) is 3.39. The first-order valence-corrected chi connectivity index (χ1v) is 6.24. The molecule has 0 saturated heterocycles. The molecule has 1 aromatic heterocycles. The van der Waals surface area contributed by atoms with Gasteiger partial charge in [0.2, 0.25) is 5.28 Å². The van der Waals surface area contributed by atoms with Crippen LogP contribution in [0.4, 0.5) is 11.5 Å². The van der Waals surface area contributed by atoms with Crippen molar-refractivity contribution >= 4 is 45.7 Å². The smallest absolute Gasteiger partial charge is 0.224 e. The fourth-order valence-corrected chi connectivity index (χ4v) is 1.77. The van der Waals surface area contributed by atoms with Gasteiger partial charge in [-0.25, -0.2) is 4.98 Å². The summed E-state index contributed by atoms with van der Waals surface area (Å²) in [4.78, 5) is 8.01. The molecule has 0 amide bonds. The summed E-state index contributed by atoms with van der Waals surface area (Å²) in [5.74, 6) is 1.50. The van der Waals surface area contributed by atoms with Crippen molar-refractivity contribution in [3.63, 3.8) is 0 Å². The molecule has 2 aromatic rings. The lowest BCUT2D eigenvalue weighted by Gasteiger charge is -2.08. The van der Waals surface area contributed by atoms with Crippen LogP contribution in [0.25, 0.3) is 0 Å². The number of ether oxygens (including phenoxy) is 1. The Labute approximate surface area is 118 Å². The fraction of sp³-hybridized carbons (Fsp3) is 0.0909. The molecule has 0 radical (unpaired) electrons. The molecule has 0 aliphatic heterocycles. The van der Waals surface area contributed by atoms with Crippen LogP contribution in [0.5, 0.6) is 5.75 Å². The number of rotatable bonds is 3. The number of methoxy groups -OCH3 is 1. The number of halogens is 2. The van der Waals surface area contributed by atoms with Gasteiger partial charge in [0.1, 0.15) is 11.6 Å². The van der Waals surface area contributed by atoms with Crippen molar-refractivity contribution in [3.8, 4) is 5.75 Å². The second-order valence-electron chi connectivity index (χ2n) is 3.19. The van der Waals surface area contributed by atoms with Crippen LogP contribution in [0.1, 0.15) is 0 Å². The molecule has 0 bridgehead atoms. The van der Waals surface area contributed by atoms with E-state index in [1.165, 1.54) is 0 Å². The number of hydrogen-bond donors (Lipinski definition) is 1. The largest absolute Gasteiger partial charge is 0.497 e. The van der Waals surface area contributed by atoms with Crippen LogP contribution in [-0.4, -0.2) is 17.1 Å². The first-order valence-electron chi connectivity index (χ1n) is 4.78. The van der Waals surface area contributed by atoms with Gasteiger partial charge in [0.25, 0.3) is 0 Å². The monoisotopic (exact) mass is 361 g/mol. The van der Waals surface area contributed by atoms with E-state index < -0.39 is 0 Å². The number of nitrogens with one attached hydrogen (secondary N) is 1. The van der Waals surface area contributed by atoms with Crippen molar-refractivity contribution in [1.29, 1.82) is 0 Å². The van der Waals surface area contributed by atoms with E-state index in [1.54, 1.807) is 13.3 Å². The zero-order valence-electron chi connectivity index (χ0n) is 8.95. The topological polar surface area (TPSA) is 47.0 Å². The third kappa shape index (κ3) is 3.19. The Hall–Kier alpha value is -1.08. The average molecular weight is 362 g/mol. The first-order chi connectivity index (χ1) is 8.19. The maximum Gasteiger partial charge on any atom is 0.224 e. The van der Waals surface area contributed by atoms with Crippen LogP contribution in [0.15, 0.2) is 30.5 Å². The summed E-state index contributed by atoms with van der Waals surface area (Å²) >= 11 is 7.89. The van der Waals surface area contributed by atoms with Gasteiger partial charge in [-0.2, -0.15) is 4.98 Å². The number of benzene rings is 1. The van der Waals surface area contributed by atoms with E-state index in [9.17, 15) is 0 Å². The van der Waals surface area contributed by atoms with Gasteiger partial charge in [0.15, 0.2) is 0 Å². The molecular formula is C11H9ClIN3O. The number of nitrogens with zero attached hydrogens (tertiary/aromatic N) is 2. The molecule has 0 fully saturated rings. The Kier molecular flexibility index (Phi) is 4.01. The molecule has 4 nitrogen and oxygen atoms in total. The van der Waals surface area contributed by atoms with Crippen LogP contribution in [0, 0.1) is 3.57 Å². The number of hydrogen-bond acceptors (Lipinski definition) is 4. The highest BCUT2D eigenvalue weighted by atomic mass is 127. The van der Waals surface area contributed by atoms with Gasteiger partial charge in [0, 0.05) is 11.9 Å². The van der Waals surface area contributed by atoms with Gasteiger partial charge in [-0.3, -0.25) is 0 Å². The van der Waals surface area contributed by atoms with Crippen LogP contribution >= 0.6 is 34.2 Å². The first kappa shape index (κ1) is 12.4. The Bertz CT molecular complexity index is 519. The predicted octanol–water partition coefficient (Wildman–Crippen LogP) is 3.49. The Morgan fingerprint density at radius 1 is 1.29 bits per heavy atom. The molecule has 1 aromatic carbocycles. The van der Waals surface area contributed by atoms with Crippen molar-refractivity contribution in [1.82, 2.24) is 9.97 Å². The summed E-state index contributed by atoms with van der Waals surface area (Å²) < 4.78 is 5.99. The van der Waals surface area contributed by atoms with Crippen LogP contribution in [-0.2, 0) is 0 Å². The maximum absolute atomic E-state index is 5.75. The normalized spacial score (nSPS) is 10.1. The standard InChI is InChI=1S/C11H9ClIN3O/c1-17-8-4-2-7(3-5-8)15-10-9(13)6-14-11(12)16-10/h2-6H,1H3,(H,14,15,16). The van der Waals surface area contributed by atoms with Gasteiger partial charge in [-0.15, -0.1) is 0 Å². The second kappa shape index (κ2) is 5.50. The summed E-state index contributed by atoms with van der Waals surface area (Å²) in [6.45, 7) is 0. The maximum atomic E-state index is 5.75. The van der Waals surface area contributed by atoms with Crippen molar-refractivity contribution in [3.05, 3.63) is 39.3 Å². The highest BCUT2D eigenvalue weighted by Crippen LogP contribution is 2.22. The zero-order chi connectivity index (χ0) is 12.3. The fourth-order valence-electron chi connectivity index (χ4n) is 1.24. The minimum atomic E-state index is 0.224. The molecule has 0 atom stereocenters. The predicted molar refractivity (Wildman–Crippen MR) is 76.0 cm³/mol. The minimum absolute atomic E-state index is 0.224. The summed E-state index contributed by atoms with van der Waals surface area (Å²) in [5.41, 5.74) is 0.915. The quantitative estimate of drug-likeness (QED) is 0.671. The van der Waals surface area contributed by atoms with E-state index in [1.807, 2.05) is 24.3 Å². The van der Waals surface area contributed by atoms with Gasteiger partial charge >= 0.3 is 0 Å². The molecule has 17 heavy (non-hydrogen) atoms. The second-order valence-corrected chi connectivity index (χ2v) is 4.69. The lowest BCUT2D eigenvalue weighted by molar-refractivity contribution is 0.415. The van der Waals surface area contributed by atoms with Crippen molar-refractivity contribution in [2.24, 2.45) is 0 Å². The highest BCUT2D eigenvalue weighted by molar-refractivity contribution is 14.1. The van der Waals surface area contributed by atoms with Gasteiger partial charge in [0.05, 0.1) is 10.7 Å². The molecular weight excluding hydrogens is 352 g/mol. The molecule has 1 heterocycles. The summed E-state index contributed by atoms with van der Waals surface area (Å²) in [6.07, 6.45) is 1.67. The lowest BCUT2D eigenvalue weighted by Crippen LogP contribution is -1.98. The molecule has 88 valence electrons. The Balaban J connectivity index is 2.22. The van der Waals surface area contributed by atoms with Gasteiger partial charge in [-0.05, 0) is 58.5 Å². The number of aromatic nitrogens is 2. The molecule has 0 aliphatic rings. The molecule has 6 heteroatoms. The molecule has 0 aliphatic carbocycles. The molecule has 2 rings (SSSR count). The van der Waals surface area contributed by atoms with Crippen molar-refractivity contribution in [2.45, 2.75) is 0 Å². The Morgan fingerprint density at radius 3 is 2.65 bits per heavy atom. The van der Waals surface area contributed by atoms with E-state index in [2.05, 4.69) is 37.9 Å². The van der Waals surface area contributed by atoms with Crippen molar-refractivity contribution < 1.29 is 4.74 Å². The van der Waals surface area contributed by atoms with E-state index in [0.29, 0.717) is 5.82 Å². The SMILES string of the molecule is COc1ccc(Nc2nc(Cl)ncc2I)cc1. The minimum Gasteiger partial charge on any atom is -0.497 e. The lowest BCUT2D eigenvalue weighted by atomic mass is 10.3. The van der Waals surface area contributed by atoms with E-state index in [-0.39, 0.29) is 5.28 Å². The molecule has 0 spiro atoms. The van der Waals surface area contributed by atoms with E-state index >= 15 is 0 Å². The zero-order valence-corrected chi connectivity index (χ0v) is 11.9. The van der Waals surface area contributed by atoms with Crippen LogP contribution < -0.4 is 10.1 Å². The highest BCUT2D eigenvalue weighted by Gasteiger charge is 2.04. The van der Waals surface area contributed by atoms with E-state index in [4.69, 9.17) is 16.3 Å². The van der Waals surface area contributed by atoms with E-state index in [0.717, 1.165) is 15.0 Å².